The smallest absolute Gasteiger partial charge is 0.314 e. The van der Waals surface area contributed by atoms with Crippen LogP contribution in [0.5, 0.6) is 0 Å². The zero-order chi connectivity index (χ0) is 15.2. The van der Waals surface area contributed by atoms with Crippen LogP contribution < -0.4 is 10.6 Å². The standard InChI is InChI=1S/C15H25N3O3/c1-10-13(11(2)21-18-10)7-8-16-15(20)17-9-12-5-3-4-6-14(12)19/h12,14,19H,3-9H2,1-2H3,(H2,16,17,20)/t12-,14+/m0/s1. The Morgan fingerprint density at radius 2 is 2.10 bits per heavy atom. The largest absolute Gasteiger partial charge is 0.393 e. The molecule has 1 aliphatic carbocycles. The van der Waals surface area contributed by atoms with Gasteiger partial charge in [-0.25, -0.2) is 4.79 Å². The molecular weight excluding hydrogens is 270 g/mol. The Balaban J connectivity index is 1.66. The average molecular weight is 295 g/mol. The number of carbonyl (C=O) groups excluding carboxylic acids is 1. The van der Waals surface area contributed by atoms with Crippen molar-refractivity contribution < 1.29 is 14.4 Å². The quantitative estimate of drug-likeness (QED) is 0.771. The first kappa shape index (κ1) is 15.8. The molecule has 1 heterocycles. The molecule has 0 saturated heterocycles. The van der Waals surface area contributed by atoms with Crippen LogP contribution in [0.25, 0.3) is 0 Å². The number of aryl methyl sites for hydroxylation is 2. The van der Waals surface area contributed by atoms with Gasteiger partial charge in [-0.05, 0) is 33.1 Å². The molecule has 0 radical (unpaired) electrons. The number of nitrogens with one attached hydrogen (secondary N) is 2. The second-order valence-electron chi connectivity index (χ2n) is 5.80. The lowest BCUT2D eigenvalue weighted by Gasteiger charge is -2.27. The summed E-state index contributed by atoms with van der Waals surface area (Å²) in [6.45, 7) is 4.86. The van der Waals surface area contributed by atoms with Crippen molar-refractivity contribution >= 4 is 6.03 Å². The predicted molar refractivity (Wildman–Crippen MR) is 79.0 cm³/mol. The van der Waals surface area contributed by atoms with Gasteiger partial charge >= 0.3 is 6.03 Å². The number of aliphatic hydroxyl groups excluding tert-OH is 1. The third kappa shape index (κ3) is 4.46. The van der Waals surface area contributed by atoms with E-state index in [0.717, 1.165) is 42.7 Å². The molecule has 2 rings (SSSR count). The van der Waals surface area contributed by atoms with Gasteiger partial charge in [0.05, 0.1) is 11.8 Å². The van der Waals surface area contributed by atoms with Crippen molar-refractivity contribution in [3.8, 4) is 0 Å². The number of hydrogen-bond donors (Lipinski definition) is 3. The molecule has 3 N–H and O–H groups in total. The highest BCUT2D eigenvalue weighted by molar-refractivity contribution is 5.73. The van der Waals surface area contributed by atoms with Crippen molar-refractivity contribution in [2.75, 3.05) is 13.1 Å². The van der Waals surface area contributed by atoms with Crippen LogP contribution in [0.1, 0.15) is 42.7 Å². The SMILES string of the molecule is Cc1noc(C)c1CCNC(=O)NC[C@@H]1CCCC[C@H]1O. The third-order valence-corrected chi connectivity index (χ3v) is 4.24. The Labute approximate surface area is 125 Å². The highest BCUT2D eigenvalue weighted by Gasteiger charge is 2.23. The van der Waals surface area contributed by atoms with E-state index in [9.17, 15) is 9.90 Å². The Bertz CT molecular complexity index is 453. The van der Waals surface area contributed by atoms with Crippen LogP contribution in [0.3, 0.4) is 0 Å². The molecule has 1 saturated carbocycles. The van der Waals surface area contributed by atoms with Crippen LogP contribution in [-0.2, 0) is 6.42 Å². The van der Waals surface area contributed by atoms with Gasteiger partial charge in [-0.15, -0.1) is 0 Å². The van der Waals surface area contributed by atoms with Gasteiger partial charge in [0.15, 0.2) is 0 Å². The molecule has 0 aliphatic heterocycles. The molecule has 2 amide bonds. The van der Waals surface area contributed by atoms with Gasteiger partial charge in [-0.2, -0.15) is 0 Å². The lowest BCUT2D eigenvalue weighted by molar-refractivity contribution is 0.0709. The number of carbonyl (C=O) groups is 1. The number of aromatic nitrogens is 1. The highest BCUT2D eigenvalue weighted by Crippen LogP contribution is 2.23. The van der Waals surface area contributed by atoms with E-state index >= 15 is 0 Å². The van der Waals surface area contributed by atoms with E-state index in [-0.39, 0.29) is 18.1 Å². The first-order valence-electron chi connectivity index (χ1n) is 7.69. The lowest BCUT2D eigenvalue weighted by atomic mass is 9.86. The number of nitrogens with zero attached hydrogens (tertiary/aromatic N) is 1. The molecule has 0 unspecified atom stereocenters. The highest BCUT2D eigenvalue weighted by atomic mass is 16.5. The molecule has 1 aliphatic rings. The van der Waals surface area contributed by atoms with Gasteiger partial charge in [0.1, 0.15) is 5.76 Å². The minimum Gasteiger partial charge on any atom is -0.393 e. The maximum absolute atomic E-state index is 11.7. The average Bonchev–Trinajstić information content (AvgIpc) is 2.78. The maximum Gasteiger partial charge on any atom is 0.314 e. The molecule has 2 atom stereocenters. The zero-order valence-corrected chi connectivity index (χ0v) is 12.8. The fraction of sp³-hybridized carbons (Fsp3) is 0.733. The maximum atomic E-state index is 11.7. The van der Waals surface area contributed by atoms with E-state index in [4.69, 9.17) is 4.52 Å². The summed E-state index contributed by atoms with van der Waals surface area (Å²) in [6, 6.07) is -0.181. The minimum absolute atomic E-state index is 0.181. The second-order valence-corrected chi connectivity index (χ2v) is 5.80. The first-order chi connectivity index (χ1) is 10.1. The molecule has 1 aromatic heterocycles. The number of rotatable bonds is 5. The Hall–Kier alpha value is -1.56. The van der Waals surface area contributed by atoms with E-state index < -0.39 is 0 Å². The molecule has 118 valence electrons. The first-order valence-corrected chi connectivity index (χ1v) is 7.69. The van der Waals surface area contributed by atoms with E-state index in [2.05, 4.69) is 15.8 Å². The summed E-state index contributed by atoms with van der Waals surface area (Å²) >= 11 is 0. The molecule has 21 heavy (non-hydrogen) atoms. The van der Waals surface area contributed by atoms with Gasteiger partial charge in [0, 0.05) is 24.6 Å². The molecule has 6 heteroatoms. The van der Waals surface area contributed by atoms with Crippen molar-refractivity contribution in [1.82, 2.24) is 15.8 Å². The normalized spacial score (nSPS) is 22.0. The summed E-state index contributed by atoms with van der Waals surface area (Å²) in [7, 11) is 0. The summed E-state index contributed by atoms with van der Waals surface area (Å²) in [5, 5.41) is 19.4. The molecule has 1 fully saturated rings. The number of amides is 2. The van der Waals surface area contributed by atoms with Crippen molar-refractivity contribution in [2.24, 2.45) is 5.92 Å². The van der Waals surface area contributed by atoms with Gasteiger partial charge in [0.2, 0.25) is 0 Å². The zero-order valence-electron chi connectivity index (χ0n) is 12.8. The topological polar surface area (TPSA) is 87.4 Å². The van der Waals surface area contributed by atoms with E-state index in [1.165, 1.54) is 0 Å². The third-order valence-electron chi connectivity index (χ3n) is 4.24. The van der Waals surface area contributed by atoms with Crippen LogP contribution in [0.2, 0.25) is 0 Å². The number of urea groups is 1. The van der Waals surface area contributed by atoms with Crippen molar-refractivity contribution in [3.63, 3.8) is 0 Å². The summed E-state index contributed by atoms with van der Waals surface area (Å²) in [5.74, 6) is 0.993. The van der Waals surface area contributed by atoms with Gasteiger partial charge < -0.3 is 20.3 Å². The summed E-state index contributed by atoms with van der Waals surface area (Å²) in [4.78, 5) is 11.7. The van der Waals surface area contributed by atoms with Crippen molar-refractivity contribution in [2.45, 2.75) is 52.1 Å². The molecule has 1 aromatic rings. The van der Waals surface area contributed by atoms with E-state index in [0.29, 0.717) is 19.5 Å². The molecule has 0 aromatic carbocycles. The Morgan fingerprint density at radius 3 is 2.76 bits per heavy atom. The molecule has 0 bridgehead atoms. The molecule has 6 nitrogen and oxygen atoms in total. The number of hydrogen-bond acceptors (Lipinski definition) is 4. The molecular formula is C15H25N3O3. The predicted octanol–water partition coefficient (Wildman–Crippen LogP) is 1.68. The second kappa shape index (κ2) is 7.45. The van der Waals surface area contributed by atoms with Gasteiger partial charge in [-0.1, -0.05) is 18.0 Å². The van der Waals surface area contributed by atoms with Gasteiger partial charge in [0.25, 0.3) is 0 Å². The lowest BCUT2D eigenvalue weighted by Crippen LogP contribution is -2.42. The fourth-order valence-corrected chi connectivity index (χ4v) is 2.87. The van der Waals surface area contributed by atoms with E-state index in [1.807, 2.05) is 13.8 Å². The minimum atomic E-state index is -0.277. The summed E-state index contributed by atoms with van der Waals surface area (Å²) in [5.41, 5.74) is 1.93. The van der Waals surface area contributed by atoms with E-state index in [1.54, 1.807) is 0 Å². The monoisotopic (exact) mass is 295 g/mol. The Morgan fingerprint density at radius 1 is 1.33 bits per heavy atom. The van der Waals surface area contributed by atoms with Crippen LogP contribution in [0.15, 0.2) is 4.52 Å². The van der Waals surface area contributed by atoms with Gasteiger partial charge in [-0.3, -0.25) is 0 Å². The van der Waals surface area contributed by atoms with Crippen molar-refractivity contribution in [1.29, 1.82) is 0 Å². The van der Waals surface area contributed by atoms with Crippen molar-refractivity contribution in [3.05, 3.63) is 17.0 Å². The van der Waals surface area contributed by atoms with Crippen LogP contribution in [0.4, 0.5) is 4.79 Å². The summed E-state index contributed by atoms with van der Waals surface area (Å²) in [6.07, 6.45) is 4.49. The molecule has 0 spiro atoms. The van der Waals surface area contributed by atoms with Crippen LogP contribution in [-0.4, -0.2) is 35.5 Å². The number of aliphatic hydroxyl groups is 1. The Kier molecular flexibility index (Phi) is 5.61. The summed E-state index contributed by atoms with van der Waals surface area (Å²) < 4.78 is 5.09. The fourth-order valence-electron chi connectivity index (χ4n) is 2.87. The van der Waals surface area contributed by atoms with Crippen LogP contribution >= 0.6 is 0 Å². The van der Waals surface area contributed by atoms with Crippen LogP contribution in [0, 0.1) is 19.8 Å².